The minimum absolute atomic E-state index is 0.145. The van der Waals surface area contributed by atoms with Gasteiger partial charge in [-0.2, -0.15) is 4.98 Å². The van der Waals surface area contributed by atoms with Gasteiger partial charge in [0.25, 0.3) is 0 Å². The highest BCUT2D eigenvalue weighted by Gasteiger charge is 2.24. The molecule has 0 saturated carbocycles. The normalized spacial score (nSPS) is 25.6. The lowest BCUT2D eigenvalue weighted by atomic mass is 10.3. The number of aliphatic hydroxyl groups is 1. The molecule has 0 aromatic carbocycles. The largest absolute Gasteiger partial charge is 0.394 e. The molecule has 0 spiro atoms. The van der Waals surface area contributed by atoms with Crippen molar-refractivity contribution in [3.8, 4) is 0 Å². The molecule has 1 saturated heterocycles. The van der Waals surface area contributed by atoms with Crippen LogP contribution in [0.1, 0.15) is 6.23 Å². The van der Waals surface area contributed by atoms with Gasteiger partial charge in [-0.15, -0.1) is 0 Å². The second-order valence-electron chi connectivity index (χ2n) is 3.48. The Morgan fingerprint density at radius 1 is 1.62 bits per heavy atom. The van der Waals surface area contributed by atoms with Crippen LogP contribution in [0.2, 0.25) is 0 Å². The van der Waals surface area contributed by atoms with Crippen molar-refractivity contribution in [2.45, 2.75) is 12.3 Å². The summed E-state index contributed by atoms with van der Waals surface area (Å²) in [4.78, 5) is 15.1. The number of nitrogens with two attached hydrogens (primary N) is 1. The Hall–Kier alpha value is -1.44. The monoisotopic (exact) mass is 227 g/mol. The number of rotatable bonds is 2. The maximum atomic E-state index is 11.5. The van der Waals surface area contributed by atoms with Crippen molar-refractivity contribution in [3.05, 3.63) is 22.7 Å². The van der Waals surface area contributed by atoms with E-state index in [0.29, 0.717) is 6.61 Å². The van der Waals surface area contributed by atoms with E-state index in [9.17, 15) is 4.79 Å². The highest BCUT2D eigenvalue weighted by atomic mass is 16.6. The molecule has 1 aromatic rings. The quantitative estimate of drug-likeness (QED) is 0.653. The first kappa shape index (κ1) is 11.1. The van der Waals surface area contributed by atoms with Crippen molar-refractivity contribution < 1.29 is 14.6 Å². The maximum absolute atomic E-state index is 11.5. The van der Waals surface area contributed by atoms with Crippen molar-refractivity contribution in [1.82, 2.24) is 9.55 Å². The minimum Gasteiger partial charge on any atom is -0.394 e. The van der Waals surface area contributed by atoms with Crippen LogP contribution in [0.4, 0.5) is 5.82 Å². The van der Waals surface area contributed by atoms with E-state index in [2.05, 4.69) is 4.98 Å². The lowest BCUT2D eigenvalue weighted by molar-refractivity contribution is -0.179. The predicted octanol–water partition coefficient (Wildman–Crippen LogP) is -1.27. The molecule has 2 rings (SSSR count). The number of aromatic nitrogens is 2. The molecule has 1 aromatic heterocycles. The van der Waals surface area contributed by atoms with Gasteiger partial charge in [-0.1, -0.05) is 0 Å². The fourth-order valence-electron chi connectivity index (χ4n) is 1.49. The third-order valence-corrected chi connectivity index (χ3v) is 2.28. The Kier molecular flexibility index (Phi) is 3.18. The molecular weight excluding hydrogens is 214 g/mol. The molecule has 2 unspecified atom stereocenters. The van der Waals surface area contributed by atoms with E-state index in [4.69, 9.17) is 20.3 Å². The van der Waals surface area contributed by atoms with Crippen LogP contribution in [0.25, 0.3) is 0 Å². The molecule has 3 N–H and O–H groups in total. The number of hydrogen-bond donors (Lipinski definition) is 2. The van der Waals surface area contributed by atoms with Crippen molar-refractivity contribution in [2.24, 2.45) is 0 Å². The van der Waals surface area contributed by atoms with Crippen LogP contribution in [-0.4, -0.2) is 40.6 Å². The third-order valence-electron chi connectivity index (χ3n) is 2.28. The molecule has 2 heterocycles. The number of nitrogen functional groups attached to an aromatic ring is 1. The Morgan fingerprint density at radius 3 is 3.12 bits per heavy atom. The molecule has 7 heteroatoms. The average molecular weight is 227 g/mol. The zero-order chi connectivity index (χ0) is 11.5. The summed E-state index contributed by atoms with van der Waals surface area (Å²) in [6, 6.07) is 1.51. The molecule has 0 aliphatic carbocycles. The molecular formula is C9H13N3O4. The van der Waals surface area contributed by atoms with Gasteiger partial charge in [-0.05, 0) is 6.07 Å². The second-order valence-corrected chi connectivity index (χ2v) is 3.48. The fraction of sp³-hybridized carbons (Fsp3) is 0.556. The van der Waals surface area contributed by atoms with Gasteiger partial charge in [0.1, 0.15) is 11.9 Å². The second kappa shape index (κ2) is 4.60. The first-order chi connectivity index (χ1) is 7.70. The number of ether oxygens (including phenoxy) is 2. The van der Waals surface area contributed by atoms with Gasteiger partial charge in [-0.25, -0.2) is 4.79 Å². The Bertz CT molecular complexity index is 419. The molecule has 88 valence electrons. The van der Waals surface area contributed by atoms with Gasteiger partial charge in [0.15, 0.2) is 6.23 Å². The van der Waals surface area contributed by atoms with E-state index in [1.165, 1.54) is 16.8 Å². The summed E-state index contributed by atoms with van der Waals surface area (Å²) < 4.78 is 12.0. The van der Waals surface area contributed by atoms with Crippen molar-refractivity contribution in [3.63, 3.8) is 0 Å². The van der Waals surface area contributed by atoms with E-state index in [1.54, 1.807) is 0 Å². The van der Waals surface area contributed by atoms with E-state index in [0.717, 1.165) is 0 Å². The van der Waals surface area contributed by atoms with Crippen LogP contribution in [0.3, 0.4) is 0 Å². The van der Waals surface area contributed by atoms with Gasteiger partial charge in [0.2, 0.25) is 0 Å². The lowest BCUT2D eigenvalue weighted by Crippen LogP contribution is -2.40. The summed E-state index contributed by atoms with van der Waals surface area (Å²) >= 11 is 0. The minimum atomic E-state index is -0.563. The van der Waals surface area contributed by atoms with Crippen LogP contribution < -0.4 is 11.4 Å². The third kappa shape index (κ3) is 2.21. The zero-order valence-electron chi connectivity index (χ0n) is 8.57. The molecule has 16 heavy (non-hydrogen) atoms. The standard InChI is InChI=1S/C9H13N3O4/c10-7-1-2-12(9(14)11-7)8-5-15-4-6(3-13)16-8/h1-2,6,8,13H,3-5H2,(H2,10,11,14). The summed E-state index contributed by atoms with van der Waals surface area (Å²) in [5.74, 6) is 0.164. The Morgan fingerprint density at radius 2 is 2.44 bits per heavy atom. The van der Waals surface area contributed by atoms with Crippen molar-refractivity contribution in [1.29, 1.82) is 0 Å². The highest BCUT2D eigenvalue weighted by molar-refractivity contribution is 5.23. The molecule has 2 atom stereocenters. The maximum Gasteiger partial charge on any atom is 0.351 e. The molecule has 0 amide bonds. The number of anilines is 1. The summed E-state index contributed by atoms with van der Waals surface area (Å²) in [7, 11) is 0. The van der Waals surface area contributed by atoms with E-state index >= 15 is 0 Å². The first-order valence-electron chi connectivity index (χ1n) is 4.89. The van der Waals surface area contributed by atoms with Crippen molar-refractivity contribution in [2.75, 3.05) is 25.6 Å². The van der Waals surface area contributed by atoms with E-state index < -0.39 is 18.0 Å². The van der Waals surface area contributed by atoms with Gasteiger partial charge >= 0.3 is 5.69 Å². The van der Waals surface area contributed by atoms with Crippen LogP contribution in [0, 0.1) is 0 Å². The van der Waals surface area contributed by atoms with Crippen LogP contribution >= 0.6 is 0 Å². The lowest BCUT2D eigenvalue weighted by Gasteiger charge is -2.29. The molecule has 1 aliphatic heterocycles. The summed E-state index contributed by atoms with van der Waals surface area (Å²) in [5, 5.41) is 8.94. The summed E-state index contributed by atoms with van der Waals surface area (Å²) in [5.41, 5.74) is 4.88. The Balaban J connectivity index is 2.20. The first-order valence-corrected chi connectivity index (χ1v) is 4.89. The summed E-state index contributed by atoms with van der Waals surface area (Å²) in [6.45, 7) is 0.430. The summed E-state index contributed by atoms with van der Waals surface area (Å²) in [6.07, 6.45) is 0.521. The van der Waals surface area contributed by atoms with Crippen LogP contribution in [0.15, 0.2) is 17.1 Å². The SMILES string of the molecule is Nc1ccn(C2COCC(CO)O2)c(=O)n1. The highest BCUT2D eigenvalue weighted by Crippen LogP contribution is 2.15. The van der Waals surface area contributed by atoms with Gasteiger partial charge < -0.3 is 20.3 Å². The van der Waals surface area contributed by atoms with E-state index in [1.807, 2.05) is 0 Å². The average Bonchev–Trinajstić information content (AvgIpc) is 2.29. The Labute approximate surface area is 91.4 Å². The van der Waals surface area contributed by atoms with Gasteiger partial charge in [-0.3, -0.25) is 4.57 Å². The van der Waals surface area contributed by atoms with Crippen LogP contribution in [0.5, 0.6) is 0 Å². The predicted molar refractivity (Wildman–Crippen MR) is 54.7 cm³/mol. The topological polar surface area (TPSA) is 99.6 Å². The molecule has 1 aliphatic rings. The number of hydrogen-bond acceptors (Lipinski definition) is 6. The van der Waals surface area contributed by atoms with Gasteiger partial charge in [0.05, 0.1) is 19.8 Å². The van der Waals surface area contributed by atoms with E-state index in [-0.39, 0.29) is 19.0 Å². The van der Waals surface area contributed by atoms with Crippen LogP contribution in [-0.2, 0) is 9.47 Å². The van der Waals surface area contributed by atoms with Crippen molar-refractivity contribution >= 4 is 5.82 Å². The number of aliphatic hydroxyl groups excluding tert-OH is 1. The molecule has 1 fully saturated rings. The molecule has 0 radical (unpaired) electrons. The number of nitrogens with zero attached hydrogens (tertiary/aromatic N) is 2. The van der Waals surface area contributed by atoms with Gasteiger partial charge in [0, 0.05) is 6.20 Å². The smallest absolute Gasteiger partial charge is 0.351 e. The molecule has 0 bridgehead atoms. The zero-order valence-corrected chi connectivity index (χ0v) is 8.57. The fourth-order valence-corrected chi connectivity index (χ4v) is 1.49. The molecule has 7 nitrogen and oxygen atoms in total.